The Labute approximate surface area is 76.3 Å². The van der Waals surface area contributed by atoms with Gasteiger partial charge in [-0.15, -0.1) is 0 Å². The quantitative estimate of drug-likeness (QED) is 0.668. The highest BCUT2D eigenvalue weighted by molar-refractivity contribution is 5.57. The third-order valence-corrected chi connectivity index (χ3v) is 1.58. The highest BCUT2D eigenvalue weighted by atomic mass is 16.7. The Morgan fingerprint density at radius 2 is 2.38 bits per heavy atom. The molecular formula is C8H10N4O. The molecule has 0 aromatic carbocycles. The van der Waals surface area contributed by atoms with Crippen molar-refractivity contribution in [1.82, 2.24) is 4.98 Å². The van der Waals surface area contributed by atoms with Crippen LogP contribution >= 0.6 is 0 Å². The minimum atomic E-state index is 0.393. The van der Waals surface area contributed by atoms with E-state index in [1.54, 1.807) is 13.1 Å². The van der Waals surface area contributed by atoms with Crippen molar-refractivity contribution in [2.24, 2.45) is 0 Å². The molecular weight excluding hydrogens is 168 g/mol. The highest BCUT2D eigenvalue weighted by Gasteiger charge is 2.08. The first-order valence-electron chi connectivity index (χ1n) is 3.62. The van der Waals surface area contributed by atoms with Crippen LogP contribution in [0.5, 0.6) is 0 Å². The first kappa shape index (κ1) is 9.29. The predicted molar refractivity (Wildman–Crippen MR) is 48.8 cm³/mol. The average Bonchev–Trinajstić information content (AvgIpc) is 2.16. The first-order valence-corrected chi connectivity index (χ1v) is 3.62. The van der Waals surface area contributed by atoms with Gasteiger partial charge in [0.1, 0.15) is 6.07 Å². The summed E-state index contributed by atoms with van der Waals surface area (Å²) in [6.45, 7) is 0. The van der Waals surface area contributed by atoms with E-state index in [0.29, 0.717) is 17.1 Å². The van der Waals surface area contributed by atoms with E-state index in [2.05, 4.69) is 4.98 Å². The van der Waals surface area contributed by atoms with Crippen molar-refractivity contribution in [3.63, 3.8) is 0 Å². The lowest BCUT2D eigenvalue weighted by atomic mass is 10.2. The molecule has 0 unspecified atom stereocenters. The van der Waals surface area contributed by atoms with E-state index >= 15 is 0 Å². The van der Waals surface area contributed by atoms with E-state index in [9.17, 15) is 0 Å². The smallest absolute Gasteiger partial charge is 0.170 e. The summed E-state index contributed by atoms with van der Waals surface area (Å²) in [5.41, 5.74) is 6.33. The number of hydrogen-bond acceptors (Lipinski definition) is 5. The van der Waals surface area contributed by atoms with Gasteiger partial charge in [-0.3, -0.25) is 4.84 Å². The normalized spacial score (nSPS) is 9.31. The van der Waals surface area contributed by atoms with Crippen LogP contribution in [0.2, 0.25) is 0 Å². The Morgan fingerprint density at radius 3 is 2.92 bits per heavy atom. The monoisotopic (exact) mass is 178 g/mol. The fourth-order valence-corrected chi connectivity index (χ4v) is 0.893. The number of rotatable bonds is 2. The van der Waals surface area contributed by atoms with Gasteiger partial charge in [0.2, 0.25) is 0 Å². The maximum atomic E-state index is 8.76. The summed E-state index contributed by atoms with van der Waals surface area (Å²) in [6.07, 6.45) is 1.48. The number of hydrogen-bond donors (Lipinski definition) is 1. The molecule has 1 aromatic heterocycles. The van der Waals surface area contributed by atoms with Gasteiger partial charge in [0.15, 0.2) is 5.82 Å². The van der Waals surface area contributed by atoms with Crippen LogP contribution in [-0.2, 0) is 4.84 Å². The van der Waals surface area contributed by atoms with Gasteiger partial charge in [-0.05, 0) is 6.07 Å². The molecule has 1 rings (SSSR count). The number of anilines is 2. The van der Waals surface area contributed by atoms with Gasteiger partial charge >= 0.3 is 0 Å². The Morgan fingerprint density at radius 1 is 1.69 bits per heavy atom. The average molecular weight is 178 g/mol. The summed E-state index contributed by atoms with van der Waals surface area (Å²) in [5.74, 6) is 0.458. The second-order valence-corrected chi connectivity index (χ2v) is 2.43. The fourth-order valence-electron chi connectivity index (χ4n) is 0.893. The largest absolute Gasteiger partial charge is 0.397 e. The predicted octanol–water partition coefficient (Wildman–Crippen LogP) is 0.533. The lowest BCUT2D eigenvalue weighted by Gasteiger charge is -2.15. The molecule has 0 aliphatic heterocycles. The Balaban J connectivity index is 3.15. The lowest BCUT2D eigenvalue weighted by molar-refractivity contribution is 0.182. The van der Waals surface area contributed by atoms with E-state index in [1.165, 1.54) is 18.4 Å². The van der Waals surface area contributed by atoms with Gasteiger partial charge in [0.05, 0.1) is 24.6 Å². The molecule has 2 N–H and O–H groups in total. The van der Waals surface area contributed by atoms with Gasteiger partial charge in [0, 0.05) is 7.05 Å². The summed E-state index contributed by atoms with van der Waals surface area (Å²) in [4.78, 5) is 8.87. The molecule has 0 fully saturated rings. The second kappa shape index (κ2) is 3.74. The number of nitriles is 1. The summed E-state index contributed by atoms with van der Waals surface area (Å²) < 4.78 is 0. The van der Waals surface area contributed by atoms with Crippen molar-refractivity contribution in [3.8, 4) is 6.07 Å². The molecule has 1 aromatic rings. The van der Waals surface area contributed by atoms with E-state index in [4.69, 9.17) is 15.8 Å². The minimum absolute atomic E-state index is 0.393. The van der Waals surface area contributed by atoms with Crippen LogP contribution in [-0.4, -0.2) is 19.1 Å². The molecule has 13 heavy (non-hydrogen) atoms. The molecule has 0 atom stereocenters. The van der Waals surface area contributed by atoms with Crippen LogP contribution in [0.3, 0.4) is 0 Å². The maximum Gasteiger partial charge on any atom is 0.170 e. The zero-order valence-electron chi connectivity index (χ0n) is 7.48. The molecule has 0 bridgehead atoms. The Hall–Kier alpha value is -1.80. The molecule has 5 nitrogen and oxygen atoms in total. The number of aromatic nitrogens is 1. The van der Waals surface area contributed by atoms with Crippen molar-refractivity contribution < 1.29 is 4.84 Å². The number of nitrogens with two attached hydrogens (primary N) is 1. The molecule has 0 saturated carbocycles. The van der Waals surface area contributed by atoms with Gasteiger partial charge in [0.25, 0.3) is 0 Å². The van der Waals surface area contributed by atoms with Crippen LogP contribution in [0.25, 0.3) is 0 Å². The van der Waals surface area contributed by atoms with E-state index < -0.39 is 0 Å². The summed E-state index contributed by atoms with van der Waals surface area (Å²) in [6, 6.07) is 3.54. The van der Waals surface area contributed by atoms with Crippen LogP contribution in [0.1, 0.15) is 5.56 Å². The molecule has 1 heterocycles. The number of pyridine rings is 1. The van der Waals surface area contributed by atoms with Crippen molar-refractivity contribution in [3.05, 3.63) is 17.8 Å². The first-order chi connectivity index (χ1) is 6.19. The van der Waals surface area contributed by atoms with Crippen LogP contribution in [0, 0.1) is 11.3 Å². The highest BCUT2D eigenvalue weighted by Crippen LogP contribution is 2.17. The lowest BCUT2D eigenvalue weighted by Crippen LogP contribution is -2.17. The minimum Gasteiger partial charge on any atom is -0.397 e. The van der Waals surface area contributed by atoms with Crippen molar-refractivity contribution >= 4 is 11.5 Å². The van der Waals surface area contributed by atoms with E-state index in [-0.39, 0.29) is 0 Å². The molecule has 0 radical (unpaired) electrons. The van der Waals surface area contributed by atoms with Crippen molar-refractivity contribution in [1.29, 1.82) is 5.26 Å². The van der Waals surface area contributed by atoms with Gasteiger partial charge in [-0.1, -0.05) is 0 Å². The SMILES string of the molecule is CON(C)c1ncc(N)cc1C#N. The topological polar surface area (TPSA) is 75.2 Å². The Kier molecular flexibility index (Phi) is 2.67. The standard InChI is InChI=1S/C8H10N4O/c1-12(13-2)8-6(4-9)3-7(10)5-11-8/h3,5H,10H2,1-2H3. The van der Waals surface area contributed by atoms with Gasteiger partial charge in [-0.25, -0.2) is 10.0 Å². The fraction of sp³-hybridized carbons (Fsp3) is 0.250. The van der Waals surface area contributed by atoms with Gasteiger partial charge in [-0.2, -0.15) is 5.26 Å². The number of nitrogens with zero attached hydrogens (tertiary/aromatic N) is 3. The third-order valence-electron chi connectivity index (χ3n) is 1.58. The second-order valence-electron chi connectivity index (χ2n) is 2.43. The maximum absolute atomic E-state index is 8.76. The molecule has 0 spiro atoms. The van der Waals surface area contributed by atoms with Crippen molar-refractivity contribution in [2.45, 2.75) is 0 Å². The Bertz CT molecular complexity index is 344. The van der Waals surface area contributed by atoms with Crippen molar-refractivity contribution in [2.75, 3.05) is 25.0 Å². The summed E-state index contributed by atoms with van der Waals surface area (Å²) in [5, 5.41) is 10.2. The molecule has 68 valence electrons. The zero-order chi connectivity index (χ0) is 9.84. The van der Waals surface area contributed by atoms with Gasteiger partial charge < -0.3 is 5.73 Å². The van der Waals surface area contributed by atoms with Crippen LogP contribution < -0.4 is 10.8 Å². The molecule has 0 aliphatic rings. The molecule has 0 aliphatic carbocycles. The van der Waals surface area contributed by atoms with E-state index in [1.807, 2.05) is 6.07 Å². The molecule has 0 saturated heterocycles. The van der Waals surface area contributed by atoms with E-state index in [0.717, 1.165) is 0 Å². The summed E-state index contributed by atoms with van der Waals surface area (Å²) >= 11 is 0. The zero-order valence-corrected chi connectivity index (χ0v) is 7.48. The third kappa shape index (κ3) is 1.86. The molecule has 0 amide bonds. The molecule has 5 heteroatoms. The van der Waals surface area contributed by atoms with Crippen LogP contribution in [0.4, 0.5) is 11.5 Å². The number of hydroxylamine groups is 1. The number of nitrogen functional groups attached to an aromatic ring is 1. The summed E-state index contributed by atoms with van der Waals surface area (Å²) in [7, 11) is 3.17. The van der Waals surface area contributed by atoms with Crippen LogP contribution in [0.15, 0.2) is 12.3 Å².